The third-order valence-electron chi connectivity index (χ3n) is 4.44. The summed E-state index contributed by atoms with van der Waals surface area (Å²) in [6.45, 7) is 8.67. The van der Waals surface area contributed by atoms with Crippen molar-refractivity contribution in [3.05, 3.63) is 30.5 Å². The molecule has 1 aromatic heterocycles. The van der Waals surface area contributed by atoms with Crippen LogP contribution in [0.1, 0.15) is 13.8 Å². The van der Waals surface area contributed by atoms with Crippen LogP contribution in [0.3, 0.4) is 0 Å². The van der Waals surface area contributed by atoms with Crippen molar-refractivity contribution in [3.63, 3.8) is 0 Å². The molecule has 6 heteroatoms. The number of carbonyl (C=O) groups is 1. The van der Waals surface area contributed by atoms with Gasteiger partial charge < -0.3 is 9.64 Å². The van der Waals surface area contributed by atoms with Crippen LogP contribution in [0.25, 0.3) is 10.9 Å². The number of morpholine rings is 1. The van der Waals surface area contributed by atoms with Crippen LogP contribution >= 0.6 is 0 Å². The van der Waals surface area contributed by atoms with Crippen LogP contribution in [0.5, 0.6) is 0 Å². The normalized spacial score (nSPS) is 18.0. The fraction of sp³-hybridized carbons (Fsp3) is 0.556. The van der Waals surface area contributed by atoms with E-state index in [-0.39, 0.29) is 18.1 Å². The van der Waals surface area contributed by atoms with Gasteiger partial charge >= 0.3 is 0 Å². The molecular weight excluding hydrogens is 304 g/mol. The standard InChI is InChI=1S/C18H26N4O2/c1-18(2)14-21(10-11-24-18)9-8-20(3)17(23)13-22-12-15-6-4-5-7-16(15)19-22/h4-7,12H,8-11,13-14H2,1-3H3. The zero-order valence-electron chi connectivity index (χ0n) is 14.7. The first kappa shape index (κ1) is 16.9. The van der Waals surface area contributed by atoms with Gasteiger partial charge in [-0.25, -0.2) is 0 Å². The van der Waals surface area contributed by atoms with Gasteiger partial charge in [0.1, 0.15) is 6.54 Å². The number of hydrogen-bond donors (Lipinski definition) is 0. The van der Waals surface area contributed by atoms with Crippen LogP contribution in [0.4, 0.5) is 0 Å². The van der Waals surface area contributed by atoms with E-state index in [9.17, 15) is 4.79 Å². The summed E-state index contributed by atoms with van der Waals surface area (Å²) in [5, 5.41) is 5.51. The van der Waals surface area contributed by atoms with Crippen molar-refractivity contribution in [2.24, 2.45) is 0 Å². The van der Waals surface area contributed by atoms with E-state index in [2.05, 4.69) is 23.8 Å². The molecule has 0 atom stereocenters. The lowest BCUT2D eigenvalue weighted by atomic mass is 10.1. The summed E-state index contributed by atoms with van der Waals surface area (Å²) in [6.07, 6.45) is 1.92. The van der Waals surface area contributed by atoms with Crippen molar-refractivity contribution >= 4 is 16.8 Å². The number of aromatic nitrogens is 2. The third kappa shape index (κ3) is 4.13. The molecule has 1 amide bonds. The molecule has 24 heavy (non-hydrogen) atoms. The molecule has 1 fully saturated rings. The van der Waals surface area contributed by atoms with Crippen molar-refractivity contribution in [2.45, 2.75) is 26.0 Å². The van der Waals surface area contributed by atoms with Crippen LogP contribution in [-0.2, 0) is 16.1 Å². The van der Waals surface area contributed by atoms with Gasteiger partial charge in [0.25, 0.3) is 0 Å². The molecule has 2 heterocycles. The maximum atomic E-state index is 12.4. The second-order valence-electron chi connectivity index (χ2n) is 7.09. The van der Waals surface area contributed by atoms with E-state index < -0.39 is 0 Å². The minimum Gasteiger partial charge on any atom is -0.373 e. The van der Waals surface area contributed by atoms with E-state index in [4.69, 9.17) is 4.74 Å². The summed E-state index contributed by atoms with van der Waals surface area (Å²) in [5.74, 6) is 0.0790. The smallest absolute Gasteiger partial charge is 0.244 e. The Morgan fingerprint density at radius 2 is 2.17 bits per heavy atom. The lowest BCUT2D eigenvalue weighted by Gasteiger charge is -2.38. The van der Waals surface area contributed by atoms with Crippen molar-refractivity contribution in [1.82, 2.24) is 19.6 Å². The summed E-state index contributed by atoms with van der Waals surface area (Å²) in [5.41, 5.74) is 0.819. The van der Waals surface area contributed by atoms with Gasteiger partial charge in [0, 0.05) is 44.8 Å². The van der Waals surface area contributed by atoms with Gasteiger partial charge in [-0.15, -0.1) is 0 Å². The fourth-order valence-corrected chi connectivity index (χ4v) is 3.08. The van der Waals surface area contributed by atoms with E-state index in [0.717, 1.165) is 43.7 Å². The molecule has 6 nitrogen and oxygen atoms in total. The molecule has 0 radical (unpaired) electrons. The second kappa shape index (κ2) is 6.91. The fourth-order valence-electron chi connectivity index (χ4n) is 3.08. The molecule has 0 bridgehead atoms. The van der Waals surface area contributed by atoms with Crippen molar-refractivity contribution in [2.75, 3.05) is 39.8 Å². The highest BCUT2D eigenvalue weighted by Crippen LogP contribution is 2.16. The predicted molar refractivity (Wildman–Crippen MR) is 93.8 cm³/mol. The van der Waals surface area contributed by atoms with Crippen molar-refractivity contribution in [3.8, 4) is 0 Å². The first-order chi connectivity index (χ1) is 11.4. The van der Waals surface area contributed by atoms with E-state index in [1.165, 1.54) is 0 Å². The monoisotopic (exact) mass is 330 g/mol. The Hall–Kier alpha value is -1.92. The number of amides is 1. The zero-order chi connectivity index (χ0) is 17.2. The van der Waals surface area contributed by atoms with E-state index in [0.29, 0.717) is 0 Å². The summed E-state index contributed by atoms with van der Waals surface area (Å²) >= 11 is 0. The number of rotatable bonds is 5. The van der Waals surface area contributed by atoms with Crippen LogP contribution in [0, 0.1) is 0 Å². The highest BCUT2D eigenvalue weighted by molar-refractivity contribution is 5.79. The van der Waals surface area contributed by atoms with Gasteiger partial charge in [-0.05, 0) is 19.9 Å². The molecule has 1 saturated heterocycles. The SMILES string of the molecule is CN(CCN1CCOC(C)(C)C1)C(=O)Cn1cc2ccccc2n1. The van der Waals surface area contributed by atoms with Crippen molar-refractivity contribution in [1.29, 1.82) is 0 Å². The Balaban J connectivity index is 1.51. The number of benzene rings is 1. The van der Waals surface area contributed by atoms with Gasteiger partial charge in [-0.2, -0.15) is 5.10 Å². The Labute approximate surface area is 143 Å². The Kier molecular flexibility index (Phi) is 4.87. The molecule has 0 N–H and O–H groups in total. The van der Waals surface area contributed by atoms with Crippen LogP contribution < -0.4 is 0 Å². The number of nitrogens with zero attached hydrogens (tertiary/aromatic N) is 4. The first-order valence-electron chi connectivity index (χ1n) is 8.45. The molecule has 130 valence electrons. The molecule has 1 aliphatic heterocycles. The van der Waals surface area contributed by atoms with Crippen LogP contribution in [0.2, 0.25) is 0 Å². The number of ether oxygens (including phenoxy) is 1. The largest absolute Gasteiger partial charge is 0.373 e. The highest BCUT2D eigenvalue weighted by atomic mass is 16.5. The van der Waals surface area contributed by atoms with Crippen molar-refractivity contribution < 1.29 is 9.53 Å². The Bertz CT molecular complexity index is 677. The average molecular weight is 330 g/mol. The summed E-state index contributed by atoms with van der Waals surface area (Å²) < 4.78 is 7.45. The quantitative estimate of drug-likeness (QED) is 0.836. The predicted octanol–water partition coefficient (Wildman–Crippen LogP) is 1.61. The molecule has 0 spiro atoms. The number of hydrogen-bond acceptors (Lipinski definition) is 4. The number of carbonyl (C=O) groups excluding carboxylic acids is 1. The molecule has 0 aliphatic carbocycles. The van der Waals surface area contributed by atoms with E-state index in [1.54, 1.807) is 9.58 Å². The summed E-state index contributed by atoms with van der Waals surface area (Å²) in [7, 11) is 1.86. The number of likely N-dealkylation sites (N-methyl/N-ethyl adjacent to an activating group) is 1. The Morgan fingerprint density at radius 1 is 1.38 bits per heavy atom. The maximum Gasteiger partial charge on any atom is 0.244 e. The van der Waals surface area contributed by atoms with E-state index >= 15 is 0 Å². The molecule has 1 aliphatic rings. The molecule has 2 aromatic rings. The molecule has 1 aromatic carbocycles. The first-order valence-corrected chi connectivity index (χ1v) is 8.45. The lowest BCUT2D eigenvalue weighted by Crippen LogP contribution is -2.50. The van der Waals surface area contributed by atoms with Gasteiger partial charge in [-0.1, -0.05) is 18.2 Å². The minimum atomic E-state index is -0.101. The zero-order valence-corrected chi connectivity index (χ0v) is 14.7. The number of fused-ring (bicyclic) bond motifs is 1. The molecular formula is C18H26N4O2. The molecule has 0 saturated carbocycles. The highest BCUT2D eigenvalue weighted by Gasteiger charge is 2.27. The van der Waals surface area contributed by atoms with Gasteiger partial charge in [0.15, 0.2) is 0 Å². The van der Waals surface area contributed by atoms with Crippen LogP contribution in [-0.4, -0.2) is 70.9 Å². The molecule has 3 rings (SSSR count). The van der Waals surface area contributed by atoms with Gasteiger partial charge in [-0.3, -0.25) is 14.4 Å². The minimum absolute atomic E-state index is 0.0790. The van der Waals surface area contributed by atoms with E-state index in [1.807, 2.05) is 37.5 Å². The van der Waals surface area contributed by atoms with Crippen LogP contribution in [0.15, 0.2) is 30.5 Å². The summed E-state index contributed by atoms with van der Waals surface area (Å²) in [6, 6.07) is 7.90. The van der Waals surface area contributed by atoms with Gasteiger partial charge in [0.2, 0.25) is 5.91 Å². The Morgan fingerprint density at radius 3 is 2.92 bits per heavy atom. The average Bonchev–Trinajstić information content (AvgIpc) is 2.93. The second-order valence-corrected chi connectivity index (χ2v) is 7.09. The third-order valence-corrected chi connectivity index (χ3v) is 4.44. The molecule has 0 unspecified atom stereocenters. The topological polar surface area (TPSA) is 50.6 Å². The van der Waals surface area contributed by atoms with Gasteiger partial charge in [0.05, 0.1) is 17.7 Å². The lowest BCUT2D eigenvalue weighted by molar-refractivity contribution is -0.131. The maximum absolute atomic E-state index is 12.4. The summed E-state index contributed by atoms with van der Waals surface area (Å²) in [4.78, 5) is 16.6.